The summed E-state index contributed by atoms with van der Waals surface area (Å²) in [7, 11) is 5.42. The monoisotopic (exact) mass is 836 g/mol. The van der Waals surface area contributed by atoms with E-state index in [4.69, 9.17) is 14.2 Å². The lowest BCUT2D eigenvalue weighted by molar-refractivity contribution is -0.889. The summed E-state index contributed by atoms with van der Waals surface area (Å²) in [6, 6.07) is -0.723. The van der Waals surface area contributed by atoms with Crippen molar-refractivity contribution < 1.29 is 38.2 Å². The van der Waals surface area contributed by atoms with Crippen molar-refractivity contribution in [2.45, 2.75) is 257 Å². The van der Waals surface area contributed by atoms with E-state index in [2.05, 4.69) is 26.0 Å². The first kappa shape index (κ1) is 57.1. The molecule has 0 saturated carbocycles. The molecule has 59 heavy (non-hydrogen) atoms. The Morgan fingerprint density at radius 1 is 0.492 bits per heavy atom. The van der Waals surface area contributed by atoms with Crippen LogP contribution in [-0.2, 0) is 28.6 Å². The number of aliphatic carboxylic acids is 1. The van der Waals surface area contributed by atoms with Gasteiger partial charge < -0.3 is 28.6 Å². The van der Waals surface area contributed by atoms with Crippen LogP contribution in [0.3, 0.4) is 0 Å². The second kappa shape index (κ2) is 42.7. The average Bonchev–Trinajstić information content (AvgIpc) is 3.19. The molecule has 0 aromatic heterocycles. The number of unbranched alkanes of at least 4 members (excludes halogenated alkanes) is 30. The molecule has 0 aromatic carbocycles. The van der Waals surface area contributed by atoms with Crippen LogP contribution in [0.1, 0.15) is 245 Å². The Balaban J connectivity index is 4.15. The number of likely N-dealkylation sites (N-methyl/N-ethyl adjacent to an activating group) is 1. The molecule has 0 rings (SSSR count). The summed E-state index contributed by atoms with van der Waals surface area (Å²) >= 11 is 0. The maximum atomic E-state index is 12.8. The van der Waals surface area contributed by atoms with Crippen LogP contribution in [0.25, 0.3) is 0 Å². The fourth-order valence-corrected chi connectivity index (χ4v) is 7.71. The average molecular weight is 836 g/mol. The minimum absolute atomic E-state index is 0.0440. The van der Waals surface area contributed by atoms with Gasteiger partial charge in [0.05, 0.1) is 40.3 Å². The number of carbonyl (C=O) groups excluding carboxylic acids is 3. The summed E-state index contributed by atoms with van der Waals surface area (Å²) in [6.45, 7) is 4.67. The van der Waals surface area contributed by atoms with Crippen molar-refractivity contribution in [1.29, 1.82) is 0 Å². The van der Waals surface area contributed by atoms with E-state index in [0.29, 0.717) is 12.8 Å². The van der Waals surface area contributed by atoms with Crippen molar-refractivity contribution in [3.8, 4) is 0 Å². The highest BCUT2D eigenvalue weighted by atomic mass is 16.6. The van der Waals surface area contributed by atoms with E-state index in [1.54, 1.807) is 21.1 Å². The zero-order valence-corrected chi connectivity index (χ0v) is 39.7. The van der Waals surface area contributed by atoms with Gasteiger partial charge in [-0.15, -0.1) is 0 Å². The number of carbonyl (C=O) groups is 3. The lowest BCUT2D eigenvalue weighted by Crippen LogP contribution is -2.55. The number of ether oxygens (including phenoxy) is 3. The number of carboxylic acid groups (broad SMARTS) is 1. The van der Waals surface area contributed by atoms with Gasteiger partial charge in [0.1, 0.15) is 12.6 Å². The van der Waals surface area contributed by atoms with Gasteiger partial charge in [0.25, 0.3) is 0 Å². The van der Waals surface area contributed by atoms with Gasteiger partial charge in [-0.05, 0) is 38.5 Å². The van der Waals surface area contributed by atoms with E-state index in [-0.39, 0.29) is 42.7 Å². The minimum atomic E-state index is -1.12. The van der Waals surface area contributed by atoms with E-state index >= 15 is 0 Å². The van der Waals surface area contributed by atoms with Crippen molar-refractivity contribution in [3.63, 3.8) is 0 Å². The molecule has 8 nitrogen and oxygen atoms in total. The fourth-order valence-electron chi connectivity index (χ4n) is 7.71. The number of quaternary nitrogens is 1. The predicted octanol–water partition coefficient (Wildman–Crippen LogP) is 12.9. The molecule has 0 heterocycles. The molecule has 2 unspecified atom stereocenters. The van der Waals surface area contributed by atoms with Gasteiger partial charge >= 0.3 is 11.9 Å². The van der Waals surface area contributed by atoms with Crippen LogP contribution in [0.4, 0.5) is 0 Å². The quantitative estimate of drug-likeness (QED) is 0.0260. The second-order valence-electron chi connectivity index (χ2n) is 18.4. The molecule has 348 valence electrons. The molecule has 0 N–H and O–H groups in total. The van der Waals surface area contributed by atoms with Gasteiger partial charge in [-0.25, -0.2) is 0 Å². The summed E-state index contributed by atoms with van der Waals surface area (Å²) < 4.78 is 17.2. The van der Waals surface area contributed by atoms with Gasteiger partial charge in [0.15, 0.2) is 6.10 Å². The third kappa shape index (κ3) is 41.2. The van der Waals surface area contributed by atoms with E-state index in [1.165, 1.54) is 161 Å². The molecule has 0 bridgehead atoms. The fraction of sp³-hybridized carbons (Fsp3) is 0.902. The van der Waals surface area contributed by atoms with E-state index < -0.39 is 18.1 Å². The largest absolute Gasteiger partial charge is 0.544 e. The van der Waals surface area contributed by atoms with Crippen LogP contribution in [0.5, 0.6) is 0 Å². The van der Waals surface area contributed by atoms with Crippen LogP contribution >= 0.6 is 0 Å². The molecular formula is C51H97NO7. The van der Waals surface area contributed by atoms with Crippen molar-refractivity contribution in [3.05, 3.63) is 12.2 Å². The molecule has 0 saturated heterocycles. The topological polar surface area (TPSA) is 102 Å². The maximum absolute atomic E-state index is 12.8. The molecular weight excluding hydrogens is 739 g/mol. The molecule has 2 atom stereocenters. The Labute approximate surface area is 365 Å². The van der Waals surface area contributed by atoms with Crippen LogP contribution in [0.2, 0.25) is 0 Å². The second-order valence-corrected chi connectivity index (χ2v) is 18.4. The molecule has 0 aliphatic heterocycles. The van der Waals surface area contributed by atoms with E-state index in [0.717, 1.165) is 51.4 Å². The lowest BCUT2D eigenvalue weighted by atomic mass is 10.0. The predicted molar refractivity (Wildman–Crippen MR) is 245 cm³/mol. The van der Waals surface area contributed by atoms with Crippen molar-refractivity contribution in [2.24, 2.45) is 0 Å². The molecule has 0 aromatic rings. The van der Waals surface area contributed by atoms with Crippen molar-refractivity contribution in [2.75, 3.05) is 41.0 Å². The number of hydrogen-bond acceptors (Lipinski definition) is 7. The molecule has 8 heteroatoms. The maximum Gasteiger partial charge on any atom is 0.306 e. The van der Waals surface area contributed by atoms with Crippen molar-refractivity contribution >= 4 is 17.9 Å². The van der Waals surface area contributed by atoms with Crippen LogP contribution in [0, 0.1) is 0 Å². The minimum Gasteiger partial charge on any atom is -0.544 e. The summed E-state index contributed by atoms with van der Waals surface area (Å²) in [6.07, 6.45) is 46.8. The number of carboxylic acids is 1. The van der Waals surface area contributed by atoms with Crippen LogP contribution in [0.15, 0.2) is 12.2 Å². The highest BCUT2D eigenvalue weighted by Gasteiger charge is 2.25. The Bertz CT molecular complexity index is 978. The lowest BCUT2D eigenvalue weighted by Gasteiger charge is -2.34. The first-order chi connectivity index (χ1) is 28.6. The zero-order valence-electron chi connectivity index (χ0n) is 39.7. The summed E-state index contributed by atoms with van der Waals surface area (Å²) in [4.78, 5) is 36.9. The number of nitrogens with zero attached hydrogens (tertiary/aromatic N) is 1. The summed E-state index contributed by atoms with van der Waals surface area (Å²) in [5.74, 6) is -1.73. The zero-order chi connectivity index (χ0) is 43.5. The van der Waals surface area contributed by atoms with Gasteiger partial charge in [0.2, 0.25) is 0 Å². The van der Waals surface area contributed by atoms with Crippen LogP contribution in [-0.4, -0.2) is 75.5 Å². The Hall–Kier alpha value is -1.93. The van der Waals surface area contributed by atoms with Gasteiger partial charge in [-0.1, -0.05) is 199 Å². The molecule has 0 aliphatic rings. The third-order valence-corrected chi connectivity index (χ3v) is 11.7. The standard InChI is InChI=1S/C51H97NO7/c1-6-8-10-12-14-16-18-20-21-22-23-24-25-26-27-28-29-30-32-34-36-38-40-42-50(54)59-47(45-57-44-43-48(51(55)56)52(3,4)5)46-58-49(53)41-39-37-35-33-31-19-17-15-13-11-9-7-2/h15,17,47-48H,6-14,16,18-46H2,1-5H3/b17-15+. The SMILES string of the molecule is CCCCC/C=C/CCCCCCCC(=O)OCC(COCCC(C(=O)[O-])[N+](C)(C)C)OC(=O)CCCCCCCCCCCCCCCCCCCCCCCCC. The Kier molecular flexibility index (Phi) is 41.3. The van der Waals surface area contributed by atoms with Crippen LogP contribution < -0.4 is 5.11 Å². The van der Waals surface area contributed by atoms with Gasteiger partial charge in [-0.2, -0.15) is 0 Å². The van der Waals surface area contributed by atoms with Crippen molar-refractivity contribution in [1.82, 2.24) is 0 Å². The highest BCUT2D eigenvalue weighted by molar-refractivity contribution is 5.70. The first-order valence-corrected chi connectivity index (χ1v) is 25.2. The first-order valence-electron chi connectivity index (χ1n) is 25.2. The third-order valence-electron chi connectivity index (χ3n) is 11.7. The normalized spacial score (nSPS) is 12.9. The number of allylic oxidation sites excluding steroid dienone is 2. The number of rotatable bonds is 46. The van der Waals surface area contributed by atoms with Gasteiger partial charge in [0, 0.05) is 19.3 Å². The highest BCUT2D eigenvalue weighted by Crippen LogP contribution is 2.17. The van der Waals surface area contributed by atoms with E-state index in [9.17, 15) is 19.5 Å². The Morgan fingerprint density at radius 3 is 1.25 bits per heavy atom. The summed E-state index contributed by atoms with van der Waals surface area (Å²) in [5, 5.41) is 11.6. The molecule has 0 amide bonds. The van der Waals surface area contributed by atoms with Gasteiger partial charge in [-0.3, -0.25) is 9.59 Å². The molecule has 0 spiro atoms. The summed E-state index contributed by atoms with van der Waals surface area (Å²) in [5.41, 5.74) is 0. The number of esters is 2. The Morgan fingerprint density at radius 2 is 0.847 bits per heavy atom. The molecule has 0 radical (unpaired) electrons. The number of hydrogen-bond donors (Lipinski definition) is 0. The molecule has 0 fully saturated rings. The van der Waals surface area contributed by atoms with E-state index in [1.807, 2.05) is 0 Å². The molecule has 0 aliphatic carbocycles. The smallest absolute Gasteiger partial charge is 0.306 e.